The van der Waals surface area contributed by atoms with Gasteiger partial charge in [-0.2, -0.15) is 0 Å². The van der Waals surface area contributed by atoms with E-state index in [4.69, 9.17) is 4.18 Å². The maximum absolute atomic E-state index is 13.6. The summed E-state index contributed by atoms with van der Waals surface area (Å²) in [5, 5.41) is 9.36. The first-order chi connectivity index (χ1) is 17.4. The third-order valence-corrected chi connectivity index (χ3v) is 6.94. The molecule has 0 aliphatic carbocycles. The molecule has 13 heteroatoms. The highest BCUT2D eigenvalue weighted by Crippen LogP contribution is 2.32. The molecule has 4 aromatic carbocycles. The third kappa shape index (κ3) is 6.11. The molecule has 0 spiro atoms. The lowest BCUT2D eigenvalue weighted by Gasteiger charge is -2.17. The molecule has 0 saturated heterocycles. The monoisotopic (exact) mass is 546 g/mol. The minimum Gasteiger partial charge on any atom is -0.508 e. The molecule has 0 aromatic heterocycles. The van der Waals surface area contributed by atoms with Crippen LogP contribution in [0.25, 0.3) is 0 Å². The molecule has 0 heterocycles. The normalized spacial score (nSPS) is 11.5. The average molecular weight is 546 g/mol. The predicted molar refractivity (Wildman–Crippen MR) is 121 cm³/mol. The zero-order chi connectivity index (χ0) is 27.4. The molecule has 0 saturated carbocycles. The van der Waals surface area contributed by atoms with Crippen LogP contribution in [0.5, 0.6) is 11.5 Å². The van der Waals surface area contributed by atoms with Crippen molar-refractivity contribution in [1.29, 1.82) is 0 Å². The first-order valence-corrected chi connectivity index (χ1v) is 11.7. The van der Waals surface area contributed by atoms with E-state index in [2.05, 4.69) is 0 Å². The van der Waals surface area contributed by atoms with Crippen LogP contribution in [0.4, 0.5) is 34.9 Å². The van der Waals surface area contributed by atoms with Crippen molar-refractivity contribution >= 4 is 22.7 Å². The van der Waals surface area contributed by atoms with Crippen LogP contribution in [0.3, 0.4) is 0 Å². The van der Waals surface area contributed by atoms with Gasteiger partial charge in [0.1, 0.15) is 17.4 Å². The molecule has 0 bridgehead atoms. The standard InChI is InChI=1S/C18H14O3S.C6BF8/c19-15-11-13-16(14-12-15)21-22(20,17-7-3-1-4-8-17)18-9-5-2-6-10-18;8-2-1(7(13,14)15)3(9)5(11)6(12)4(2)10/h1-14H;/q;-1/p+1. The highest BCUT2D eigenvalue weighted by molar-refractivity contribution is 7.99. The quantitative estimate of drug-likeness (QED) is 0.0992. The fraction of sp³-hybridized carbons (Fsp3) is 0. The number of halogens is 8. The molecular weight excluding hydrogens is 531 g/mol. The fourth-order valence-electron chi connectivity index (χ4n) is 2.98. The molecule has 37 heavy (non-hydrogen) atoms. The van der Waals surface area contributed by atoms with Gasteiger partial charge in [-0.25, -0.2) is 22.0 Å². The van der Waals surface area contributed by atoms with Crippen molar-refractivity contribution in [1.82, 2.24) is 0 Å². The van der Waals surface area contributed by atoms with Gasteiger partial charge in [-0.15, -0.1) is 0 Å². The largest absolute Gasteiger partial charge is 0.515 e. The first-order valence-electron chi connectivity index (χ1n) is 10.2. The van der Waals surface area contributed by atoms with Gasteiger partial charge in [-0.3, -0.25) is 4.18 Å². The topological polar surface area (TPSA) is 46.5 Å². The van der Waals surface area contributed by atoms with Crippen molar-refractivity contribution < 1.29 is 48.4 Å². The number of aromatic hydroxyl groups is 1. The van der Waals surface area contributed by atoms with Gasteiger partial charge in [0.25, 0.3) is 0 Å². The van der Waals surface area contributed by atoms with Gasteiger partial charge in [0, 0.05) is 0 Å². The van der Waals surface area contributed by atoms with E-state index in [1.54, 1.807) is 36.4 Å². The van der Waals surface area contributed by atoms with Crippen LogP contribution < -0.4 is 9.65 Å². The second kappa shape index (κ2) is 11.0. The van der Waals surface area contributed by atoms with Crippen LogP contribution in [0.2, 0.25) is 0 Å². The Hall–Kier alpha value is -3.87. The number of hydrogen-bond donors (Lipinski definition) is 1. The summed E-state index contributed by atoms with van der Waals surface area (Å²) in [5.74, 6) is -13.0. The van der Waals surface area contributed by atoms with Crippen LogP contribution in [-0.4, -0.2) is 12.1 Å². The van der Waals surface area contributed by atoms with E-state index in [1.807, 2.05) is 36.4 Å². The van der Waals surface area contributed by atoms with Crippen LogP contribution in [0, 0.1) is 29.1 Å². The van der Waals surface area contributed by atoms with Gasteiger partial charge < -0.3 is 18.1 Å². The summed E-state index contributed by atoms with van der Waals surface area (Å²) < 4.78 is 117. The second-order valence-electron chi connectivity index (χ2n) is 7.27. The summed E-state index contributed by atoms with van der Waals surface area (Å²) >= 11 is 0. The van der Waals surface area contributed by atoms with Crippen LogP contribution >= 0.6 is 0 Å². The van der Waals surface area contributed by atoms with Gasteiger partial charge in [-0.1, -0.05) is 36.4 Å². The molecule has 194 valence electrons. The Bertz CT molecular complexity index is 1340. The Balaban J connectivity index is 0.000000222. The fourth-order valence-corrected chi connectivity index (χ4v) is 4.86. The maximum atomic E-state index is 13.6. The number of phenolic OH excluding ortho intramolecular Hbond substituents is 1. The molecule has 0 atom stereocenters. The molecule has 0 fully saturated rings. The third-order valence-electron chi connectivity index (χ3n) is 4.73. The SMILES string of the molecule is Fc1c(F)c(F)c([B-](F)(F)F)c(F)c1F.O=[S+](Oc1ccc(O)cc1)(c1ccccc1)c1ccccc1. The lowest BCUT2D eigenvalue weighted by molar-refractivity contribution is 0.377. The van der Waals surface area contributed by atoms with E-state index in [1.165, 1.54) is 12.1 Å². The molecule has 4 rings (SSSR count). The Morgan fingerprint density at radius 2 is 0.973 bits per heavy atom. The van der Waals surface area contributed by atoms with Gasteiger partial charge in [0.05, 0.1) is 0 Å². The van der Waals surface area contributed by atoms with E-state index < -0.39 is 51.7 Å². The Kier molecular flexibility index (Phi) is 8.27. The van der Waals surface area contributed by atoms with Gasteiger partial charge in [-0.05, 0) is 58.2 Å². The highest BCUT2D eigenvalue weighted by atomic mass is 32.3. The summed E-state index contributed by atoms with van der Waals surface area (Å²) in [6.07, 6.45) is 0. The summed E-state index contributed by atoms with van der Waals surface area (Å²) in [5.41, 5.74) is -2.73. The minimum atomic E-state index is -6.30. The number of benzene rings is 4. The Morgan fingerprint density at radius 1 is 0.595 bits per heavy atom. The lowest BCUT2D eigenvalue weighted by Crippen LogP contribution is -2.41. The molecule has 1 N–H and O–H groups in total. The highest BCUT2D eigenvalue weighted by Gasteiger charge is 2.39. The first kappa shape index (κ1) is 27.7. The van der Waals surface area contributed by atoms with E-state index in [9.17, 15) is 44.2 Å². The lowest BCUT2D eigenvalue weighted by atomic mass is 9.79. The molecule has 3 nitrogen and oxygen atoms in total. The zero-order valence-corrected chi connectivity index (χ0v) is 19.2. The van der Waals surface area contributed by atoms with Gasteiger partial charge in [0.2, 0.25) is 9.79 Å². The summed E-state index contributed by atoms with van der Waals surface area (Å²) in [7, 11) is -2.89. The van der Waals surface area contributed by atoms with Gasteiger partial charge >= 0.3 is 17.2 Å². The molecule has 0 amide bonds. The van der Waals surface area contributed by atoms with Crippen LogP contribution in [-0.2, 0) is 14.4 Å². The van der Waals surface area contributed by atoms with Crippen molar-refractivity contribution in [2.75, 3.05) is 0 Å². The summed E-state index contributed by atoms with van der Waals surface area (Å²) in [6, 6.07) is 24.4. The average Bonchev–Trinajstić information content (AvgIpc) is 2.88. The maximum Gasteiger partial charge on any atom is 0.515 e. The van der Waals surface area contributed by atoms with Crippen molar-refractivity contribution in [3.63, 3.8) is 0 Å². The molecule has 4 aromatic rings. The minimum absolute atomic E-state index is 0.137. The van der Waals surface area contributed by atoms with Crippen molar-refractivity contribution in [3.05, 3.63) is 114 Å². The Morgan fingerprint density at radius 3 is 1.35 bits per heavy atom. The molecule has 0 aliphatic rings. The van der Waals surface area contributed by atoms with E-state index in [0.29, 0.717) is 15.5 Å². The molecular formula is C24H15BF8O3S. The van der Waals surface area contributed by atoms with Crippen molar-refractivity contribution in [2.45, 2.75) is 9.79 Å². The number of rotatable bonds is 5. The van der Waals surface area contributed by atoms with Crippen molar-refractivity contribution in [2.24, 2.45) is 0 Å². The smallest absolute Gasteiger partial charge is 0.508 e. The summed E-state index contributed by atoms with van der Waals surface area (Å²) in [4.78, 5) is 1.21. The van der Waals surface area contributed by atoms with Crippen molar-refractivity contribution in [3.8, 4) is 11.5 Å². The molecule has 0 aliphatic heterocycles. The molecule has 0 unspecified atom stereocenters. The Labute approximate surface area is 206 Å². The van der Waals surface area contributed by atoms with E-state index in [0.717, 1.165) is 0 Å². The summed E-state index contributed by atoms with van der Waals surface area (Å²) in [6.45, 7) is -6.30. The van der Waals surface area contributed by atoms with Gasteiger partial charge in [0.15, 0.2) is 23.2 Å². The van der Waals surface area contributed by atoms with Crippen LogP contribution in [0.15, 0.2) is 94.7 Å². The number of hydrogen-bond acceptors (Lipinski definition) is 3. The molecule has 0 radical (unpaired) electrons. The zero-order valence-electron chi connectivity index (χ0n) is 18.4. The van der Waals surface area contributed by atoms with E-state index in [-0.39, 0.29) is 5.75 Å². The van der Waals surface area contributed by atoms with E-state index >= 15 is 0 Å². The number of phenols is 1. The predicted octanol–water partition coefficient (Wildman–Crippen LogP) is 6.74. The van der Waals surface area contributed by atoms with Crippen LogP contribution in [0.1, 0.15) is 0 Å². The second-order valence-corrected chi connectivity index (χ2v) is 9.38.